The van der Waals surface area contributed by atoms with E-state index in [2.05, 4.69) is 42.3 Å². The van der Waals surface area contributed by atoms with Gasteiger partial charge < -0.3 is 10.1 Å². The van der Waals surface area contributed by atoms with Gasteiger partial charge >= 0.3 is 0 Å². The van der Waals surface area contributed by atoms with Crippen molar-refractivity contribution in [3.63, 3.8) is 0 Å². The van der Waals surface area contributed by atoms with Crippen molar-refractivity contribution in [2.45, 2.75) is 26.5 Å². The molecule has 104 valence electrons. The quantitative estimate of drug-likeness (QED) is 0.891. The zero-order valence-electron chi connectivity index (χ0n) is 11.9. The van der Waals surface area contributed by atoms with Gasteiger partial charge in [-0.3, -0.25) is 9.69 Å². The van der Waals surface area contributed by atoms with Gasteiger partial charge in [-0.15, -0.1) is 0 Å². The van der Waals surface area contributed by atoms with E-state index in [0.717, 1.165) is 13.1 Å². The van der Waals surface area contributed by atoms with Crippen molar-refractivity contribution < 1.29 is 9.53 Å². The first-order valence-electron chi connectivity index (χ1n) is 6.72. The van der Waals surface area contributed by atoms with Crippen LogP contribution in [0.4, 0.5) is 0 Å². The fourth-order valence-electron chi connectivity index (χ4n) is 2.38. The molecule has 2 rings (SSSR count). The molecule has 19 heavy (non-hydrogen) atoms. The van der Waals surface area contributed by atoms with Gasteiger partial charge in [0, 0.05) is 26.7 Å². The highest BCUT2D eigenvalue weighted by Gasteiger charge is 2.25. The van der Waals surface area contributed by atoms with Gasteiger partial charge in [-0.1, -0.05) is 23.8 Å². The summed E-state index contributed by atoms with van der Waals surface area (Å²) in [7, 11) is 1.65. The fourth-order valence-corrected chi connectivity index (χ4v) is 2.38. The molecule has 1 N–H and O–H groups in total. The van der Waals surface area contributed by atoms with E-state index in [1.54, 1.807) is 7.05 Å². The smallest absolute Gasteiger partial charge is 0.250 e. The van der Waals surface area contributed by atoms with Gasteiger partial charge in [-0.05, 0) is 25.0 Å². The predicted octanol–water partition coefficient (Wildman–Crippen LogP) is 1.25. The van der Waals surface area contributed by atoms with Crippen LogP contribution in [0.5, 0.6) is 0 Å². The van der Waals surface area contributed by atoms with E-state index in [1.165, 1.54) is 16.7 Å². The molecule has 1 atom stereocenters. The third-order valence-corrected chi connectivity index (χ3v) is 3.59. The van der Waals surface area contributed by atoms with Gasteiger partial charge in [0.05, 0.1) is 6.61 Å². The number of nitrogens with zero attached hydrogens (tertiary/aromatic N) is 1. The summed E-state index contributed by atoms with van der Waals surface area (Å²) >= 11 is 0. The normalized spacial score (nSPS) is 20.3. The Morgan fingerprint density at radius 1 is 1.47 bits per heavy atom. The highest BCUT2D eigenvalue weighted by molar-refractivity contribution is 5.80. The maximum absolute atomic E-state index is 11.6. The minimum atomic E-state index is -0.344. The number of morpholine rings is 1. The monoisotopic (exact) mass is 262 g/mol. The van der Waals surface area contributed by atoms with Crippen LogP contribution in [0.25, 0.3) is 0 Å². The average molecular weight is 262 g/mol. The molecule has 0 bridgehead atoms. The van der Waals surface area contributed by atoms with E-state index in [4.69, 9.17) is 4.74 Å². The van der Waals surface area contributed by atoms with Gasteiger partial charge in [-0.2, -0.15) is 0 Å². The van der Waals surface area contributed by atoms with Crippen LogP contribution >= 0.6 is 0 Å². The topological polar surface area (TPSA) is 41.6 Å². The summed E-state index contributed by atoms with van der Waals surface area (Å²) in [6, 6.07) is 6.51. The molecule has 4 heteroatoms. The number of likely N-dealkylation sites (N-methyl/N-ethyl adjacent to an activating group) is 1. The summed E-state index contributed by atoms with van der Waals surface area (Å²) < 4.78 is 5.50. The minimum absolute atomic E-state index is 0.0364. The number of hydrogen-bond acceptors (Lipinski definition) is 3. The van der Waals surface area contributed by atoms with E-state index in [9.17, 15) is 4.79 Å². The molecule has 1 fully saturated rings. The summed E-state index contributed by atoms with van der Waals surface area (Å²) in [5, 5.41) is 2.65. The molecule has 1 amide bonds. The Labute approximate surface area is 114 Å². The van der Waals surface area contributed by atoms with Gasteiger partial charge in [0.2, 0.25) is 5.91 Å². The van der Waals surface area contributed by atoms with Crippen molar-refractivity contribution in [2.24, 2.45) is 0 Å². The number of aryl methyl sites for hydroxylation is 2. The molecule has 0 saturated carbocycles. The van der Waals surface area contributed by atoms with Gasteiger partial charge in [0.25, 0.3) is 0 Å². The van der Waals surface area contributed by atoms with Crippen LogP contribution in [0.1, 0.15) is 16.7 Å². The molecule has 0 aromatic heterocycles. The average Bonchev–Trinajstić information content (AvgIpc) is 2.42. The Bertz CT molecular complexity index is 459. The highest BCUT2D eigenvalue weighted by Crippen LogP contribution is 2.15. The standard InChI is InChI=1S/C15H22N2O2/c1-11-4-5-12(2)13(8-11)9-17-6-7-19-14(10-17)15(18)16-3/h4-5,8,14H,6-7,9-10H2,1-3H3,(H,16,18). The Morgan fingerprint density at radius 3 is 3.00 bits per heavy atom. The largest absolute Gasteiger partial charge is 0.366 e. The molecule has 0 spiro atoms. The van der Waals surface area contributed by atoms with E-state index >= 15 is 0 Å². The zero-order chi connectivity index (χ0) is 13.8. The Morgan fingerprint density at radius 2 is 2.26 bits per heavy atom. The minimum Gasteiger partial charge on any atom is -0.366 e. The van der Waals surface area contributed by atoms with Gasteiger partial charge in [-0.25, -0.2) is 0 Å². The van der Waals surface area contributed by atoms with Gasteiger partial charge in [0.15, 0.2) is 0 Å². The molecule has 0 radical (unpaired) electrons. The predicted molar refractivity (Wildman–Crippen MR) is 75.0 cm³/mol. The van der Waals surface area contributed by atoms with Crippen LogP contribution in [-0.2, 0) is 16.1 Å². The third-order valence-electron chi connectivity index (χ3n) is 3.59. The molecular formula is C15H22N2O2. The first-order chi connectivity index (χ1) is 9.10. The van der Waals surface area contributed by atoms with Crippen LogP contribution < -0.4 is 5.32 Å². The van der Waals surface area contributed by atoms with Crippen LogP contribution in [-0.4, -0.2) is 43.7 Å². The van der Waals surface area contributed by atoms with Crippen molar-refractivity contribution in [1.82, 2.24) is 10.2 Å². The summed E-state index contributed by atoms with van der Waals surface area (Å²) in [5.74, 6) is -0.0364. The van der Waals surface area contributed by atoms with Crippen molar-refractivity contribution in [2.75, 3.05) is 26.7 Å². The summed E-state index contributed by atoms with van der Waals surface area (Å²) in [4.78, 5) is 13.9. The number of nitrogens with one attached hydrogen (secondary N) is 1. The molecule has 1 saturated heterocycles. The third kappa shape index (κ3) is 3.55. The Hall–Kier alpha value is -1.39. The molecule has 0 aliphatic carbocycles. The molecule has 1 aromatic carbocycles. The molecular weight excluding hydrogens is 240 g/mol. The van der Waals surface area contributed by atoms with Crippen molar-refractivity contribution in [3.8, 4) is 0 Å². The molecule has 1 aliphatic heterocycles. The van der Waals surface area contributed by atoms with Crippen LogP contribution in [0, 0.1) is 13.8 Å². The number of carbonyl (C=O) groups excluding carboxylic acids is 1. The SMILES string of the molecule is CNC(=O)C1CN(Cc2cc(C)ccc2C)CCO1. The highest BCUT2D eigenvalue weighted by atomic mass is 16.5. The van der Waals surface area contributed by atoms with E-state index < -0.39 is 0 Å². The number of ether oxygens (including phenoxy) is 1. The van der Waals surface area contributed by atoms with E-state index in [1.807, 2.05) is 0 Å². The lowest BCUT2D eigenvalue weighted by Gasteiger charge is -2.32. The van der Waals surface area contributed by atoms with Crippen LogP contribution in [0.3, 0.4) is 0 Å². The second-order valence-electron chi connectivity index (χ2n) is 5.14. The van der Waals surface area contributed by atoms with Gasteiger partial charge in [0.1, 0.15) is 6.10 Å². The lowest BCUT2D eigenvalue weighted by Crippen LogP contribution is -2.48. The number of carbonyl (C=O) groups is 1. The maximum Gasteiger partial charge on any atom is 0.250 e. The first-order valence-corrected chi connectivity index (χ1v) is 6.72. The molecule has 1 aromatic rings. The number of rotatable bonds is 3. The second-order valence-corrected chi connectivity index (χ2v) is 5.14. The van der Waals surface area contributed by atoms with Crippen molar-refractivity contribution >= 4 is 5.91 Å². The lowest BCUT2D eigenvalue weighted by molar-refractivity contribution is -0.138. The second kappa shape index (κ2) is 6.17. The van der Waals surface area contributed by atoms with E-state index in [0.29, 0.717) is 13.2 Å². The van der Waals surface area contributed by atoms with Crippen molar-refractivity contribution in [3.05, 3.63) is 34.9 Å². The first kappa shape index (κ1) is 14.0. The summed E-state index contributed by atoms with van der Waals surface area (Å²) in [6.07, 6.45) is -0.344. The molecule has 1 heterocycles. The maximum atomic E-state index is 11.6. The van der Waals surface area contributed by atoms with E-state index in [-0.39, 0.29) is 12.0 Å². The lowest BCUT2D eigenvalue weighted by atomic mass is 10.0. The fraction of sp³-hybridized carbons (Fsp3) is 0.533. The number of amides is 1. The molecule has 1 aliphatic rings. The van der Waals surface area contributed by atoms with Crippen LogP contribution in [0.15, 0.2) is 18.2 Å². The summed E-state index contributed by atoms with van der Waals surface area (Å²) in [6.45, 7) is 7.27. The zero-order valence-corrected chi connectivity index (χ0v) is 11.9. The summed E-state index contributed by atoms with van der Waals surface area (Å²) in [5.41, 5.74) is 3.91. The number of benzene rings is 1. The van der Waals surface area contributed by atoms with Crippen LogP contribution in [0.2, 0.25) is 0 Å². The Kier molecular flexibility index (Phi) is 4.56. The molecule has 1 unspecified atom stereocenters. The number of hydrogen-bond donors (Lipinski definition) is 1. The van der Waals surface area contributed by atoms with Crippen molar-refractivity contribution in [1.29, 1.82) is 0 Å². The molecule has 4 nitrogen and oxygen atoms in total. The Balaban J connectivity index is 2.02.